The molecule has 1 N–H and O–H groups in total. The fourth-order valence-corrected chi connectivity index (χ4v) is 4.94. The number of nitrogens with zero attached hydrogens (tertiary/aromatic N) is 2. The summed E-state index contributed by atoms with van der Waals surface area (Å²) in [4.78, 5) is 4.47. The highest BCUT2D eigenvalue weighted by Crippen LogP contribution is 2.41. The van der Waals surface area contributed by atoms with Gasteiger partial charge in [0.2, 0.25) is 0 Å². The Labute approximate surface area is 155 Å². The van der Waals surface area contributed by atoms with E-state index in [4.69, 9.17) is 0 Å². The highest BCUT2D eigenvalue weighted by Gasteiger charge is 2.34. The summed E-state index contributed by atoms with van der Waals surface area (Å²) in [6.07, 6.45) is 8.20. The van der Waals surface area contributed by atoms with Gasteiger partial charge in [0.15, 0.2) is 0 Å². The monoisotopic (exact) mass is 345 g/mol. The molecule has 3 heteroatoms. The number of pyridine rings is 1. The Hall–Kier alpha value is -2.13. The van der Waals surface area contributed by atoms with Gasteiger partial charge in [-0.05, 0) is 68.9 Å². The van der Waals surface area contributed by atoms with Crippen LogP contribution in [-0.4, -0.2) is 15.6 Å². The van der Waals surface area contributed by atoms with Crippen LogP contribution in [0.2, 0.25) is 0 Å². The van der Waals surface area contributed by atoms with Crippen molar-refractivity contribution in [2.45, 2.75) is 64.6 Å². The SMILES string of the molecule is Cc1ccc2c(c1)c1c(n2CCc2ccc(C)nc2)C[C@H]2CCC[C@@H]1N2. The minimum atomic E-state index is 0.545. The summed E-state index contributed by atoms with van der Waals surface area (Å²) in [7, 11) is 0. The van der Waals surface area contributed by atoms with Crippen LogP contribution in [0.15, 0.2) is 36.5 Å². The molecule has 0 saturated carbocycles. The number of piperidine rings is 1. The van der Waals surface area contributed by atoms with Crippen molar-refractivity contribution < 1.29 is 0 Å². The van der Waals surface area contributed by atoms with Gasteiger partial charge < -0.3 is 9.88 Å². The van der Waals surface area contributed by atoms with Crippen LogP contribution in [0.1, 0.15) is 53.4 Å². The van der Waals surface area contributed by atoms with E-state index >= 15 is 0 Å². The molecule has 0 spiro atoms. The smallest absolute Gasteiger partial charge is 0.0486 e. The first kappa shape index (κ1) is 16.1. The maximum Gasteiger partial charge on any atom is 0.0486 e. The quantitative estimate of drug-likeness (QED) is 0.750. The van der Waals surface area contributed by atoms with Crippen molar-refractivity contribution >= 4 is 10.9 Å². The molecule has 0 amide bonds. The van der Waals surface area contributed by atoms with Crippen LogP contribution >= 0.6 is 0 Å². The number of aromatic nitrogens is 2. The molecule has 4 heterocycles. The van der Waals surface area contributed by atoms with Crippen molar-refractivity contribution in [1.82, 2.24) is 14.9 Å². The molecule has 2 bridgehead atoms. The third kappa shape index (κ3) is 2.66. The molecule has 26 heavy (non-hydrogen) atoms. The van der Waals surface area contributed by atoms with E-state index in [2.05, 4.69) is 52.1 Å². The van der Waals surface area contributed by atoms with E-state index in [1.165, 1.54) is 47.7 Å². The van der Waals surface area contributed by atoms with Gasteiger partial charge in [-0.15, -0.1) is 0 Å². The van der Waals surface area contributed by atoms with Gasteiger partial charge in [0.25, 0.3) is 0 Å². The van der Waals surface area contributed by atoms with Crippen molar-refractivity contribution in [2.24, 2.45) is 0 Å². The van der Waals surface area contributed by atoms with Gasteiger partial charge in [0.1, 0.15) is 0 Å². The molecule has 0 unspecified atom stereocenters. The minimum absolute atomic E-state index is 0.545. The summed E-state index contributed by atoms with van der Waals surface area (Å²) in [5.74, 6) is 0. The Morgan fingerprint density at radius 3 is 2.92 bits per heavy atom. The first-order valence-corrected chi connectivity index (χ1v) is 9.98. The number of rotatable bonds is 3. The zero-order valence-corrected chi connectivity index (χ0v) is 15.8. The van der Waals surface area contributed by atoms with E-state index in [-0.39, 0.29) is 0 Å². The number of benzene rings is 1. The van der Waals surface area contributed by atoms with E-state index in [0.29, 0.717) is 12.1 Å². The molecule has 1 aromatic carbocycles. The van der Waals surface area contributed by atoms with E-state index in [1.807, 2.05) is 13.1 Å². The zero-order valence-electron chi connectivity index (χ0n) is 15.8. The maximum atomic E-state index is 4.47. The van der Waals surface area contributed by atoms with Crippen molar-refractivity contribution in [3.05, 3.63) is 64.6 Å². The van der Waals surface area contributed by atoms with Crippen LogP contribution in [0.3, 0.4) is 0 Å². The van der Waals surface area contributed by atoms with E-state index < -0.39 is 0 Å². The predicted octanol–water partition coefficient (Wildman–Crippen LogP) is 4.64. The van der Waals surface area contributed by atoms with Crippen molar-refractivity contribution in [1.29, 1.82) is 0 Å². The van der Waals surface area contributed by atoms with Crippen molar-refractivity contribution in [2.75, 3.05) is 0 Å². The highest BCUT2D eigenvalue weighted by atomic mass is 15.1. The third-order valence-corrected chi connectivity index (χ3v) is 6.24. The van der Waals surface area contributed by atoms with Gasteiger partial charge in [-0.3, -0.25) is 4.98 Å². The minimum Gasteiger partial charge on any atom is -0.344 e. The van der Waals surface area contributed by atoms with Crippen LogP contribution < -0.4 is 5.32 Å². The molecular weight excluding hydrogens is 318 g/mol. The molecular formula is C23H27N3. The normalized spacial score (nSPS) is 21.8. The lowest BCUT2D eigenvalue weighted by Gasteiger charge is -2.37. The molecule has 1 saturated heterocycles. The molecule has 5 rings (SSSR count). The molecule has 1 fully saturated rings. The molecule has 3 nitrogen and oxygen atoms in total. The first-order valence-electron chi connectivity index (χ1n) is 9.98. The average molecular weight is 345 g/mol. The third-order valence-electron chi connectivity index (χ3n) is 6.24. The lowest BCUT2D eigenvalue weighted by atomic mass is 9.84. The second-order valence-corrected chi connectivity index (χ2v) is 8.14. The number of fused-ring (bicyclic) bond motifs is 6. The average Bonchev–Trinajstić information content (AvgIpc) is 2.94. The molecule has 2 aliphatic heterocycles. The Morgan fingerprint density at radius 1 is 1.15 bits per heavy atom. The second-order valence-electron chi connectivity index (χ2n) is 8.14. The summed E-state index contributed by atoms with van der Waals surface area (Å²) in [5, 5.41) is 5.36. The molecule has 0 radical (unpaired) electrons. The largest absolute Gasteiger partial charge is 0.344 e. The van der Waals surface area contributed by atoms with Crippen LogP contribution in [0.4, 0.5) is 0 Å². The molecule has 0 aliphatic carbocycles. The number of hydrogen-bond acceptors (Lipinski definition) is 2. The van der Waals surface area contributed by atoms with Gasteiger partial charge in [-0.25, -0.2) is 0 Å². The Bertz CT molecular complexity index is 952. The Kier molecular flexibility index (Phi) is 3.86. The predicted molar refractivity (Wildman–Crippen MR) is 107 cm³/mol. The van der Waals surface area contributed by atoms with Gasteiger partial charge in [0.05, 0.1) is 0 Å². The first-order chi connectivity index (χ1) is 12.7. The molecule has 2 atom stereocenters. The highest BCUT2D eigenvalue weighted by molar-refractivity contribution is 5.87. The summed E-state index contributed by atoms with van der Waals surface area (Å²) in [5.41, 5.74) is 8.35. The summed E-state index contributed by atoms with van der Waals surface area (Å²) in [6.45, 7) is 5.30. The zero-order chi connectivity index (χ0) is 17.7. The maximum absolute atomic E-state index is 4.47. The van der Waals surface area contributed by atoms with Crippen LogP contribution in [0.5, 0.6) is 0 Å². The van der Waals surface area contributed by atoms with Crippen LogP contribution in [-0.2, 0) is 19.4 Å². The van der Waals surface area contributed by atoms with E-state index in [9.17, 15) is 0 Å². The Balaban J connectivity index is 1.58. The molecule has 134 valence electrons. The van der Waals surface area contributed by atoms with Crippen molar-refractivity contribution in [3.8, 4) is 0 Å². The standard InChI is InChI=1S/C23H27N3/c1-15-6-9-21-19(12-15)23-20-5-3-4-18(25-20)13-22(23)26(21)11-10-17-8-7-16(2)24-14-17/h6-9,12,14,18,20,25H,3-5,10-11,13H2,1-2H3/t18-,20+/m1/s1. The molecule has 2 aliphatic rings. The lowest BCUT2D eigenvalue weighted by Crippen LogP contribution is -2.43. The summed E-state index contributed by atoms with van der Waals surface area (Å²) in [6, 6.07) is 12.5. The number of nitrogens with one attached hydrogen (secondary N) is 1. The summed E-state index contributed by atoms with van der Waals surface area (Å²) >= 11 is 0. The van der Waals surface area contributed by atoms with Gasteiger partial charge in [-0.1, -0.05) is 17.7 Å². The second kappa shape index (κ2) is 6.24. The van der Waals surface area contributed by atoms with Crippen molar-refractivity contribution in [3.63, 3.8) is 0 Å². The van der Waals surface area contributed by atoms with E-state index in [0.717, 1.165) is 18.7 Å². The lowest BCUT2D eigenvalue weighted by molar-refractivity contribution is 0.298. The summed E-state index contributed by atoms with van der Waals surface area (Å²) < 4.78 is 2.61. The van der Waals surface area contributed by atoms with Gasteiger partial charge in [0, 0.05) is 53.5 Å². The van der Waals surface area contributed by atoms with Gasteiger partial charge in [-0.2, -0.15) is 0 Å². The molecule has 2 aromatic heterocycles. The van der Waals surface area contributed by atoms with Crippen LogP contribution in [0, 0.1) is 13.8 Å². The molecule has 3 aromatic rings. The number of aryl methyl sites for hydroxylation is 4. The van der Waals surface area contributed by atoms with Gasteiger partial charge >= 0.3 is 0 Å². The fraction of sp³-hybridized carbons (Fsp3) is 0.435. The van der Waals surface area contributed by atoms with Crippen LogP contribution in [0.25, 0.3) is 10.9 Å². The number of hydrogen-bond donors (Lipinski definition) is 1. The Morgan fingerprint density at radius 2 is 2.08 bits per heavy atom. The van der Waals surface area contributed by atoms with E-state index in [1.54, 1.807) is 11.3 Å². The topological polar surface area (TPSA) is 29.9 Å². The fourth-order valence-electron chi connectivity index (χ4n) is 4.94.